The molecule has 156 valence electrons. The van der Waals surface area contributed by atoms with Crippen molar-refractivity contribution in [2.45, 2.75) is 46.6 Å². The Morgan fingerprint density at radius 3 is 2.55 bits per heavy atom. The molecule has 1 unspecified atom stereocenters. The van der Waals surface area contributed by atoms with Gasteiger partial charge in [-0.05, 0) is 70.4 Å². The summed E-state index contributed by atoms with van der Waals surface area (Å²) in [5, 5.41) is 0. The molecule has 2 aromatic rings. The molecule has 1 aromatic carbocycles. The normalized spacial score (nSPS) is 16.8. The lowest BCUT2D eigenvalue weighted by Gasteiger charge is -2.24. The second kappa shape index (κ2) is 7.93. The van der Waals surface area contributed by atoms with Crippen molar-refractivity contribution in [1.29, 1.82) is 0 Å². The van der Waals surface area contributed by atoms with E-state index in [1.54, 1.807) is 18.1 Å². The average molecular weight is 399 g/mol. The first-order valence-corrected chi connectivity index (χ1v) is 9.86. The number of furan rings is 1. The molecule has 0 saturated carbocycles. The van der Waals surface area contributed by atoms with Crippen LogP contribution in [-0.2, 0) is 4.74 Å². The first-order valence-electron chi connectivity index (χ1n) is 9.86. The van der Waals surface area contributed by atoms with Gasteiger partial charge in [-0.15, -0.1) is 0 Å². The molecule has 6 nitrogen and oxygen atoms in total. The number of ketones is 1. The third kappa shape index (κ3) is 4.63. The van der Waals surface area contributed by atoms with Crippen molar-refractivity contribution in [3.05, 3.63) is 41.2 Å². The fraction of sp³-hybridized carbons (Fsp3) is 0.478. The van der Waals surface area contributed by atoms with Gasteiger partial charge in [0.25, 0.3) is 0 Å². The standard InChI is InChI=1S/C23H29NO5/c1-14-7-8-17(18(11-14)27-6)21-15(2)12-19(28-21)20(25)16-9-10-24(13-16)22(26)29-23(3,4)5/h7-8,11-12,16H,9-10,13H2,1-6H3. The average Bonchev–Trinajstić information content (AvgIpc) is 3.27. The topological polar surface area (TPSA) is 69.0 Å². The van der Waals surface area contributed by atoms with E-state index in [1.165, 1.54) is 0 Å². The number of benzene rings is 1. The van der Waals surface area contributed by atoms with Gasteiger partial charge in [-0.2, -0.15) is 0 Å². The summed E-state index contributed by atoms with van der Waals surface area (Å²) in [6, 6.07) is 7.63. The number of rotatable bonds is 4. The Balaban J connectivity index is 1.77. The maximum atomic E-state index is 13.0. The van der Waals surface area contributed by atoms with E-state index >= 15 is 0 Å². The van der Waals surface area contributed by atoms with Gasteiger partial charge in [0.15, 0.2) is 5.76 Å². The van der Waals surface area contributed by atoms with Crippen LogP contribution in [0.2, 0.25) is 0 Å². The van der Waals surface area contributed by atoms with Crippen molar-refractivity contribution in [2.75, 3.05) is 20.2 Å². The Labute approximate surface area is 171 Å². The molecule has 6 heteroatoms. The third-order valence-electron chi connectivity index (χ3n) is 4.97. The molecule has 1 atom stereocenters. The molecular weight excluding hydrogens is 370 g/mol. The summed E-state index contributed by atoms with van der Waals surface area (Å²) >= 11 is 0. The van der Waals surface area contributed by atoms with Gasteiger partial charge in [-0.1, -0.05) is 6.07 Å². The largest absolute Gasteiger partial charge is 0.496 e. The van der Waals surface area contributed by atoms with Crippen molar-refractivity contribution in [2.24, 2.45) is 5.92 Å². The van der Waals surface area contributed by atoms with Crippen molar-refractivity contribution >= 4 is 11.9 Å². The van der Waals surface area contributed by atoms with Crippen LogP contribution >= 0.6 is 0 Å². The Bertz CT molecular complexity index is 922. The molecule has 1 saturated heterocycles. The van der Waals surface area contributed by atoms with Crippen molar-refractivity contribution in [3.63, 3.8) is 0 Å². The summed E-state index contributed by atoms with van der Waals surface area (Å²) in [4.78, 5) is 26.9. The summed E-state index contributed by atoms with van der Waals surface area (Å²) in [6.07, 6.45) is 0.217. The molecule has 0 aliphatic carbocycles. The molecule has 0 N–H and O–H groups in total. The molecule has 29 heavy (non-hydrogen) atoms. The van der Waals surface area contributed by atoms with E-state index in [0.29, 0.717) is 36.8 Å². The first-order chi connectivity index (χ1) is 13.6. The molecule has 0 bridgehead atoms. The number of Topliss-reactive ketones (excluding diaryl/α,β-unsaturated/α-hetero) is 1. The molecular formula is C23H29NO5. The number of amides is 1. The zero-order chi connectivity index (χ0) is 21.3. The summed E-state index contributed by atoms with van der Waals surface area (Å²) in [5.41, 5.74) is 2.22. The Hall–Kier alpha value is -2.76. The highest BCUT2D eigenvalue weighted by Gasteiger charge is 2.35. The predicted octanol–water partition coefficient (Wildman–Crippen LogP) is 5.01. The minimum Gasteiger partial charge on any atom is -0.496 e. The number of aryl methyl sites for hydroxylation is 2. The molecule has 1 fully saturated rings. The smallest absolute Gasteiger partial charge is 0.410 e. The zero-order valence-electron chi connectivity index (χ0n) is 18.0. The Morgan fingerprint density at radius 2 is 1.90 bits per heavy atom. The quantitative estimate of drug-likeness (QED) is 0.676. The van der Waals surface area contributed by atoms with Gasteiger partial charge in [-0.3, -0.25) is 4.79 Å². The van der Waals surface area contributed by atoms with Crippen molar-refractivity contribution in [1.82, 2.24) is 4.90 Å². The molecule has 1 amide bonds. The number of hydrogen-bond donors (Lipinski definition) is 0. The molecule has 1 aliphatic heterocycles. The van der Waals surface area contributed by atoms with Crippen LogP contribution in [0.1, 0.15) is 48.9 Å². The lowest BCUT2D eigenvalue weighted by molar-refractivity contribution is 0.0289. The van der Waals surface area contributed by atoms with Crippen LogP contribution in [0.5, 0.6) is 5.75 Å². The van der Waals surface area contributed by atoms with Crippen LogP contribution in [0.3, 0.4) is 0 Å². The number of methoxy groups -OCH3 is 1. The number of hydrogen-bond acceptors (Lipinski definition) is 5. The van der Waals surface area contributed by atoms with E-state index in [0.717, 1.165) is 16.7 Å². The van der Waals surface area contributed by atoms with E-state index in [2.05, 4.69) is 0 Å². The van der Waals surface area contributed by atoms with Gasteiger partial charge in [0.05, 0.1) is 12.7 Å². The molecule has 0 radical (unpaired) electrons. The summed E-state index contributed by atoms with van der Waals surface area (Å²) in [7, 11) is 1.62. The molecule has 0 spiro atoms. The number of nitrogens with zero attached hydrogens (tertiary/aromatic N) is 1. The van der Waals surface area contributed by atoms with Gasteiger partial charge in [0.1, 0.15) is 17.1 Å². The van der Waals surface area contributed by atoms with Gasteiger partial charge in [0.2, 0.25) is 5.78 Å². The highest BCUT2D eigenvalue weighted by Crippen LogP contribution is 2.36. The molecule has 1 aliphatic rings. The minimum atomic E-state index is -0.556. The molecule has 3 rings (SSSR count). The lowest BCUT2D eigenvalue weighted by atomic mass is 10.0. The van der Waals surface area contributed by atoms with E-state index < -0.39 is 5.60 Å². The van der Waals surface area contributed by atoms with Gasteiger partial charge in [0, 0.05) is 19.0 Å². The van der Waals surface area contributed by atoms with Crippen LogP contribution < -0.4 is 4.74 Å². The lowest BCUT2D eigenvalue weighted by Crippen LogP contribution is -2.35. The van der Waals surface area contributed by atoms with Crippen LogP contribution in [0, 0.1) is 19.8 Å². The van der Waals surface area contributed by atoms with Gasteiger partial charge >= 0.3 is 6.09 Å². The maximum Gasteiger partial charge on any atom is 0.410 e. The predicted molar refractivity (Wildman–Crippen MR) is 110 cm³/mol. The maximum absolute atomic E-state index is 13.0. The van der Waals surface area contributed by atoms with E-state index in [9.17, 15) is 9.59 Å². The number of carbonyl (C=O) groups excluding carboxylic acids is 2. The highest BCUT2D eigenvalue weighted by molar-refractivity contribution is 5.97. The van der Waals surface area contributed by atoms with E-state index in [1.807, 2.05) is 52.8 Å². The third-order valence-corrected chi connectivity index (χ3v) is 4.97. The summed E-state index contributed by atoms with van der Waals surface area (Å²) in [6.45, 7) is 10.2. The van der Waals surface area contributed by atoms with Crippen molar-refractivity contribution in [3.8, 4) is 17.1 Å². The molecule has 1 aromatic heterocycles. The van der Waals surface area contributed by atoms with E-state index in [-0.39, 0.29) is 17.8 Å². The summed E-state index contributed by atoms with van der Waals surface area (Å²) in [5.74, 6) is 1.28. The Morgan fingerprint density at radius 1 is 1.17 bits per heavy atom. The van der Waals surface area contributed by atoms with Crippen LogP contribution in [0.4, 0.5) is 4.79 Å². The second-order valence-electron chi connectivity index (χ2n) is 8.60. The number of likely N-dealkylation sites (tertiary alicyclic amines) is 1. The van der Waals surface area contributed by atoms with Gasteiger partial charge in [-0.25, -0.2) is 4.79 Å². The fourth-order valence-corrected chi connectivity index (χ4v) is 3.52. The van der Waals surface area contributed by atoms with Crippen molar-refractivity contribution < 1.29 is 23.5 Å². The van der Waals surface area contributed by atoms with Crippen LogP contribution in [0.15, 0.2) is 28.7 Å². The monoisotopic (exact) mass is 399 g/mol. The molecule has 2 heterocycles. The number of carbonyl (C=O) groups is 2. The van der Waals surface area contributed by atoms with Crippen LogP contribution in [-0.4, -0.2) is 42.6 Å². The summed E-state index contributed by atoms with van der Waals surface area (Å²) < 4.78 is 16.9. The highest BCUT2D eigenvalue weighted by atomic mass is 16.6. The fourth-order valence-electron chi connectivity index (χ4n) is 3.52. The van der Waals surface area contributed by atoms with Gasteiger partial charge < -0.3 is 18.8 Å². The Kier molecular flexibility index (Phi) is 5.73. The SMILES string of the molecule is COc1cc(C)ccc1-c1oc(C(=O)C2CCN(C(=O)OC(C)(C)C)C2)cc1C. The zero-order valence-corrected chi connectivity index (χ0v) is 18.0. The first kappa shape index (κ1) is 21.0. The van der Waals surface area contributed by atoms with E-state index in [4.69, 9.17) is 13.9 Å². The minimum absolute atomic E-state index is 0.0866. The van der Waals surface area contributed by atoms with Crippen LogP contribution in [0.25, 0.3) is 11.3 Å². The second-order valence-corrected chi connectivity index (χ2v) is 8.60. The number of ether oxygens (including phenoxy) is 2.